The van der Waals surface area contributed by atoms with Gasteiger partial charge in [0.15, 0.2) is 5.76 Å². The van der Waals surface area contributed by atoms with Crippen molar-refractivity contribution in [1.29, 1.82) is 0 Å². The van der Waals surface area contributed by atoms with Crippen molar-refractivity contribution in [2.24, 2.45) is 11.7 Å². The number of hydrogen-bond acceptors (Lipinski definition) is 3. The van der Waals surface area contributed by atoms with Gasteiger partial charge in [-0.1, -0.05) is 0 Å². The van der Waals surface area contributed by atoms with Crippen LogP contribution in [0.25, 0.3) is 11.3 Å². The first-order chi connectivity index (χ1) is 10.1. The van der Waals surface area contributed by atoms with Crippen LogP contribution in [0, 0.1) is 11.7 Å². The number of carbonyl (C=O) groups is 1. The van der Waals surface area contributed by atoms with Gasteiger partial charge in [0.2, 0.25) is 0 Å². The molecule has 1 amide bonds. The van der Waals surface area contributed by atoms with Crippen LogP contribution in [0.15, 0.2) is 40.8 Å². The largest absolute Gasteiger partial charge is 0.451 e. The van der Waals surface area contributed by atoms with E-state index in [1.807, 2.05) is 0 Å². The van der Waals surface area contributed by atoms with Crippen molar-refractivity contribution in [2.45, 2.75) is 18.9 Å². The second-order valence-corrected chi connectivity index (χ2v) is 5.38. The second-order valence-electron chi connectivity index (χ2n) is 5.38. The van der Waals surface area contributed by atoms with E-state index >= 15 is 0 Å². The maximum Gasteiger partial charge on any atom is 0.287 e. The highest BCUT2D eigenvalue weighted by Crippen LogP contribution is 2.31. The maximum absolute atomic E-state index is 12.9. The Hall–Kier alpha value is -2.14. The van der Waals surface area contributed by atoms with E-state index in [0.717, 1.165) is 18.4 Å². The van der Waals surface area contributed by atoms with Gasteiger partial charge in [0.1, 0.15) is 11.6 Å². The first-order valence-corrected chi connectivity index (χ1v) is 7.03. The molecule has 1 aromatic heterocycles. The zero-order chi connectivity index (χ0) is 14.8. The van der Waals surface area contributed by atoms with Gasteiger partial charge in [-0.25, -0.2) is 4.39 Å². The highest BCUT2D eigenvalue weighted by atomic mass is 19.1. The Labute approximate surface area is 122 Å². The minimum atomic E-state index is -0.308. The number of carbonyl (C=O) groups excluding carboxylic acids is 1. The average molecular weight is 288 g/mol. The lowest BCUT2D eigenvalue weighted by Gasteiger charge is -2.10. The fourth-order valence-electron chi connectivity index (χ4n) is 2.22. The molecule has 1 aromatic carbocycles. The van der Waals surface area contributed by atoms with Crippen LogP contribution in [0.3, 0.4) is 0 Å². The molecule has 1 atom stereocenters. The first kappa shape index (κ1) is 13.8. The van der Waals surface area contributed by atoms with E-state index in [9.17, 15) is 9.18 Å². The van der Waals surface area contributed by atoms with Gasteiger partial charge in [-0.3, -0.25) is 4.79 Å². The van der Waals surface area contributed by atoms with E-state index in [4.69, 9.17) is 10.2 Å². The molecule has 0 bridgehead atoms. The van der Waals surface area contributed by atoms with Crippen LogP contribution in [0.2, 0.25) is 0 Å². The number of rotatable bonds is 5. The molecule has 110 valence electrons. The molecule has 2 aromatic rings. The van der Waals surface area contributed by atoms with Crippen molar-refractivity contribution in [3.63, 3.8) is 0 Å². The molecule has 1 unspecified atom stereocenters. The predicted molar refractivity (Wildman–Crippen MR) is 77.1 cm³/mol. The minimum Gasteiger partial charge on any atom is -0.451 e. The van der Waals surface area contributed by atoms with Crippen molar-refractivity contribution >= 4 is 5.91 Å². The lowest BCUT2D eigenvalue weighted by molar-refractivity contribution is 0.0923. The van der Waals surface area contributed by atoms with Crippen LogP contribution in [0.5, 0.6) is 0 Å². The summed E-state index contributed by atoms with van der Waals surface area (Å²) < 4.78 is 18.4. The molecular weight excluding hydrogens is 271 g/mol. The first-order valence-electron chi connectivity index (χ1n) is 7.03. The molecule has 1 aliphatic rings. The molecule has 1 aliphatic carbocycles. The lowest BCUT2D eigenvalue weighted by atomic mass is 10.2. The number of amides is 1. The molecular formula is C16H17FN2O2. The normalized spacial score (nSPS) is 15.7. The number of halogens is 1. The van der Waals surface area contributed by atoms with E-state index < -0.39 is 0 Å². The molecule has 4 nitrogen and oxygen atoms in total. The maximum atomic E-state index is 12.9. The van der Waals surface area contributed by atoms with Gasteiger partial charge in [0.05, 0.1) is 0 Å². The smallest absolute Gasteiger partial charge is 0.287 e. The summed E-state index contributed by atoms with van der Waals surface area (Å²) in [6.45, 7) is 0.454. The molecule has 1 fully saturated rings. The summed E-state index contributed by atoms with van der Waals surface area (Å²) in [6, 6.07) is 9.25. The van der Waals surface area contributed by atoms with Crippen molar-refractivity contribution < 1.29 is 13.6 Å². The summed E-state index contributed by atoms with van der Waals surface area (Å²) in [6.07, 6.45) is 2.29. The average Bonchev–Trinajstić information content (AvgIpc) is 3.23. The van der Waals surface area contributed by atoms with Gasteiger partial charge < -0.3 is 15.5 Å². The van der Waals surface area contributed by atoms with Gasteiger partial charge >= 0.3 is 0 Å². The number of nitrogens with one attached hydrogen (secondary N) is 1. The molecule has 3 N–H and O–H groups in total. The molecule has 0 radical (unpaired) electrons. The van der Waals surface area contributed by atoms with Crippen LogP contribution in [0.1, 0.15) is 23.4 Å². The monoisotopic (exact) mass is 288 g/mol. The molecule has 1 saturated carbocycles. The van der Waals surface area contributed by atoms with Gasteiger partial charge in [0, 0.05) is 18.2 Å². The third-order valence-electron chi connectivity index (χ3n) is 3.68. The zero-order valence-corrected chi connectivity index (χ0v) is 11.5. The third-order valence-corrected chi connectivity index (χ3v) is 3.68. The van der Waals surface area contributed by atoms with E-state index in [-0.39, 0.29) is 23.5 Å². The lowest BCUT2D eigenvalue weighted by Crippen LogP contribution is -2.38. The second kappa shape index (κ2) is 5.69. The van der Waals surface area contributed by atoms with Crippen LogP contribution < -0.4 is 11.1 Å². The molecule has 0 spiro atoms. The summed E-state index contributed by atoms with van der Waals surface area (Å²) in [5.41, 5.74) is 6.66. The van der Waals surface area contributed by atoms with Crippen LogP contribution in [-0.2, 0) is 0 Å². The fourth-order valence-corrected chi connectivity index (χ4v) is 2.22. The zero-order valence-electron chi connectivity index (χ0n) is 11.5. The predicted octanol–water partition coefficient (Wildman–Crippen LogP) is 2.55. The molecule has 5 heteroatoms. The Morgan fingerprint density at radius 3 is 2.67 bits per heavy atom. The Bertz CT molecular complexity index is 632. The third kappa shape index (κ3) is 3.31. The minimum absolute atomic E-state index is 0.0143. The summed E-state index contributed by atoms with van der Waals surface area (Å²) in [5, 5.41) is 2.78. The van der Waals surface area contributed by atoms with Crippen LogP contribution in [0.4, 0.5) is 4.39 Å². The summed E-state index contributed by atoms with van der Waals surface area (Å²) in [5.74, 6) is 0.720. The number of hydrogen-bond donors (Lipinski definition) is 2. The van der Waals surface area contributed by atoms with E-state index in [0.29, 0.717) is 18.2 Å². The number of furan rings is 1. The van der Waals surface area contributed by atoms with Crippen molar-refractivity contribution in [3.8, 4) is 11.3 Å². The highest BCUT2D eigenvalue weighted by Gasteiger charge is 2.28. The molecule has 21 heavy (non-hydrogen) atoms. The topological polar surface area (TPSA) is 68.3 Å². The van der Waals surface area contributed by atoms with Crippen molar-refractivity contribution in [1.82, 2.24) is 5.32 Å². The van der Waals surface area contributed by atoms with Gasteiger partial charge in [-0.2, -0.15) is 0 Å². The van der Waals surface area contributed by atoms with Crippen LogP contribution in [-0.4, -0.2) is 18.5 Å². The SMILES string of the molecule is NC(CNC(=O)c1ccc(-c2ccc(F)cc2)o1)C1CC1. The van der Waals surface area contributed by atoms with Gasteiger partial charge in [0.25, 0.3) is 5.91 Å². The van der Waals surface area contributed by atoms with Gasteiger partial charge in [-0.05, 0) is 55.2 Å². The standard InChI is InChI=1S/C16H17FN2O2/c17-12-5-3-11(4-6-12)14-7-8-15(21-14)16(20)19-9-13(18)10-1-2-10/h3-8,10,13H,1-2,9,18H2,(H,19,20). The summed E-state index contributed by atoms with van der Waals surface area (Å²) >= 11 is 0. The Kier molecular flexibility index (Phi) is 3.75. The molecule has 0 saturated heterocycles. The van der Waals surface area contributed by atoms with Gasteiger partial charge in [-0.15, -0.1) is 0 Å². The van der Waals surface area contributed by atoms with Crippen molar-refractivity contribution in [3.05, 3.63) is 48.0 Å². The van der Waals surface area contributed by atoms with E-state index in [1.165, 1.54) is 12.1 Å². The molecule has 0 aliphatic heterocycles. The Morgan fingerprint density at radius 2 is 2.00 bits per heavy atom. The highest BCUT2D eigenvalue weighted by molar-refractivity contribution is 5.92. The summed E-state index contributed by atoms with van der Waals surface area (Å²) in [7, 11) is 0. The van der Waals surface area contributed by atoms with E-state index in [1.54, 1.807) is 24.3 Å². The van der Waals surface area contributed by atoms with Crippen LogP contribution >= 0.6 is 0 Å². The Balaban J connectivity index is 1.63. The number of benzene rings is 1. The number of nitrogens with two attached hydrogens (primary N) is 1. The molecule has 1 heterocycles. The quantitative estimate of drug-likeness (QED) is 0.888. The molecule has 3 rings (SSSR count). The summed E-state index contributed by atoms with van der Waals surface area (Å²) in [4.78, 5) is 12.0. The Morgan fingerprint density at radius 1 is 1.29 bits per heavy atom. The fraction of sp³-hybridized carbons (Fsp3) is 0.312. The van der Waals surface area contributed by atoms with Crippen molar-refractivity contribution in [2.75, 3.05) is 6.54 Å². The van der Waals surface area contributed by atoms with E-state index in [2.05, 4.69) is 5.32 Å².